The highest BCUT2D eigenvalue weighted by Crippen LogP contribution is 1.98. The molecule has 0 amide bonds. The van der Waals surface area contributed by atoms with E-state index in [1.54, 1.807) is 0 Å². The van der Waals surface area contributed by atoms with E-state index in [1.807, 2.05) is 24.7 Å². The van der Waals surface area contributed by atoms with Crippen molar-refractivity contribution in [3.8, 4) is 0 Å². The van der Waals surface area contributed by atoms with Gasteiger partial charge in [0.25, 0.3) is 0 Å². The Bertz CT molecular complexity index is 232. The standard InChI is InChI=1S/C9H16N2O/c1-8(7-12)10-5-9-3-4-11(2)6-9/h3-4,6,8,10,12H,5,7H2,1-2H3/t8-/m0/s1. The van der Waals surface area contributed by atoms with Gasteiger partial charge in [0.05, 0.1) is 6.61 Å². The normalized spacial score (nSPS) is 13.2. The molecule has 1 aromatic rings. The van der Waals surface area contributed by atoms with E-state index in [-0.39, 0.29) is 12.6 Å². The van der Waals surface area contributed by atoms with Crippen molar-refractivity contribution in [1.29, 1.82) is 0 Å². The lowest BCUT2D eigenvalue weighted by molar-refractivity contribution is 0.251. The molecule has 1 rings (SSSR count). The number of aliphatic hydroxyl groups excluding tert-OH is 1. The minimum atomic E-state index is 0.171. The number of nitrogens with one attached hydrogen (secondary N) is 1. The average Bonchev–Trinajstić information content (AvgIpc) is 2.47. The summed E-state index contributed by atoms with van der Waals surface area (Å²) in [6, 6.07) is 2.24. The number of rotatable bonds is 4. The van der Waals surface area contributed by atoms with Crippen LogP contribution in [0.25, 0.3) is 0 Å². The van der Waals surface area contributed by atoms with Crippen molar-refractivity contribution in [3.63, 3.8) is 0 Å². The third-order valence-corrected chi connectivity index (χ3v) is 1.82. The van der Waals surface area contributed by atoms with Crippen LogP contribution in [0.15, 0.2) is 18.5 Å². The van der Waals surface area contributed by atoms with Crippen LogP contribution in [0.1, 0.15) is 12.5 Å². The van der Waals surface area contributed by atoms with Crippen LogP contribution in [0.5, 0.6) is 0 Å². The van der Waals surface area contributed by atoms with Gasteiger partial charge in [-0.1, -0.05) is 0 Å². The van der Waals surface area contributed by atoms with Gasteiger partial charge in [0.15, 0.2) is 0 Å². The summed E-state index contributed by atoms with van der Waals surface area (Å²) in [5, 5.41) is 11.9. The fraction of sp³-hybridized carbons (Fsp3) is 0.556. The average molecular weight is 168 g/mol. The number of hydrogen-bond acceptors (Lipinski definition) is 2. The van der Waals surface area contributed by atoms with Gasteiger partial charge in [0.2, 0.25) is 0 Å². The van der Waals surface area contributed by atoms with E-state index in [0.29, 0.717) is 0 Å². The number of aromatic nitrogens is 1. The Kier molecular flexibility index (Phi) is 3.31. The third-order valence-electron chi connectivity index (χ3n) is 1.82. The molecule has 0 saturated heterocycles. The molecule has 0 radical (unpaired) electrons. The topological polar surface area (TPSA) is 37.2 Å². The molecular weight excluding hydrogens is 152 g/mol. The van der Waals surface area contributed by atoms with E-state index < -0.39 is 0 Å². The first-order valence-electron chi connectivity index (χ1n) is 4.17. The molecule has 0 unspecified atom stereocenters. The fourth-order valence-corrected chi connectivity index (χ4v) is 1.02. The molecule has 0 aliphatic carbocycles. The van der Waals surface area contributed by atoms with E-state index in [0.717, 1.165) is 6.54 Å². The Hall–Kier alpha value is -0.800. The molecule has 1 heterocycles. The zero-order chi connectivity index (χ0) is 8.97. The van der Waals surface area contributed by atoms with Gasteiger partial charge in [0.1, 0.15) is 0 Å². The summed E-state index contributed by atoms with van der Waals surface area (Å²) in [5.74, 6) is 0. The molecule has 12 heavy (non-hydrogen) atoms. The maximum absolute atomic E-state index is 8.75. The second kappa shape index (κ2) is 4.28. The van der Waals surface area contributed by atoms with Gasteiger partial charge in [0, 0.05) is 32.0 Å². The Balaban J connectivity index is 2.33. The molecule has 0 bridgehead atoms. The quantitative estimate of drug-likeness (QED) is 0.686. The smallest absolute Gasteiger partial charge is 0.0582 e. The molecule has 0 fully saturated rings. The van der Waals surface area contributed by atoms with Crippen LogP contribution in [0.4, 0.5) is 0 Å². The molecule has 0 aliphatic rings. The highest BCUT2D eigenvalue weighted by Gasteiger charge is 1.98. The molecule has 3 heteroatoms. The van der Waals surface area contributed by atoms with Crippen molar-refractivity contribution < 1.29 is 5.11 Å². The lowest BCUT2D eigenvalue weighted by Gasteiger charge is -2.08. The van der Waals surface area contributed by atoms with E-state index in [1.165, 1.54) is 5.56 Å². The van der Waals surface area contributed by atoms with Crippen LogP contribution < -0.4 is 5.32 Å². The summed E-state index contributed by atoms with van der Waals surface area (Å²) < 4.78 is 2.01. The SMILES string of the molecule is C[C@@H](CO)NCc1ccn(C)c1. The number of aryl methyl sites for hydroxylation is 1. The summed E-state index contributed by atoms with van der Waals surface area (Å²) >= 11 is 0. The number of aliphatic hydroxyl groups is 1. The summed E-state index contributed by atoms with van der Waals surface area (Å²) in [6.45, 7) is 2.97. The third kappa shape index (κ3) is 2.68. The molecule has 2 N–H and O–H groups in total. The largest absolute Gasteiger partial charge is 0.395 e. The Morgan fingerprint density at radius 2 is 2.42 bits per heavy atom. The first-order chi connectivity index (χ1) is 5.72. The van der Waals surface area contributed by atoms with Crippen LogP contribution in [-0.4, -0.2) is 22.3 Å². The van der Waals surface area contributed by atoms with Gasteiger partial charge < -0.3 is 15.0 Å². The van der Waals surface area contributed by atoms with Gasteiger partial charge in [-0.05, 0) is 18.6 Å². The minimum absolute atomic E-state index is 0.171. The van der Waals surface area contributed by atoms with E-state index in [4.69, 9.17) is 5.11 Å². The number of nitrogens with zero attached hydrogens (tertiary/aromatic N) is 1. The van der Waals surface area contributed by atoms with Crippen LogP contribution >= 0.6 is 0 Å². The monoisotopic (exact) mass is 168 g/mol. The van der Waals surface area contributed by atoms with Crippen LogP contribution in [0.2, 0.25) is 0 Å². The molecule has 1 aromatic heterocycles. The van der Waals surface area contributed by atoms with Gasteiger partial charge in [-0.15, -0.1) is 0 Å². The molecular formula is C9H16N2O. The molecule has 3 nitrogen and oxygen atoms in total. The van der Waals surface area contributed by atoms with Crippen molar-refractivity contribution in [2.75, 3.05) is 6.61 Å². The second-order valence-corrected chi connectivity index (χ2v) is 3.15. The predicted molar refractivity (Wildman–Crippen MR) is 48.8 cm³/mol. The minimum Gasteiger partial charge on any atom is -0.395 e. The fourth-order valence-electron chi connectivity index (χ4n) is 1.02. The highest BCUT2D eigenvalue weighted by molar-refractivity contribution is 5.09. The van der Waals surface area contributed by atoms with Gasteiger partial charge in [-0.25, -0.2) is 0 Å². The molecule has 68 valence electrons. The van der Waals surface area contributed by atoms with Crippen molar-refractivity contribution in [2.24, 2.45) is 7.05 Å². The molecule has 1 atom stereocenters. The Morgan fingerprint density at radius 3 is 2.92 bits per heavy atom. The Morgan fingerprint density at radius 1 is 1.67 bits per heavy atom. The molecule has 0 spiro atoms. The van der Waals surface area contributed by atoms with Crippen LogP contribution in [0.3, 0.4) is 0 Å². The van der Waals surface area contributed by atoms with Crippen molar-refractivity contribution in [3.05, 3.63) is 24.0 Å². The lowest BCUT2D eigenvalue weighted by Crippen LogP contribution is -2.28. The van der Waals surface area contributed by atoms with Crippen molar-refractivity contribution >= 4 is 0 Å². The maximum atomic E-state index is 8.75. The van der Waals surface area contributed by atoms with Gasteiger partial charge >= 0.3 is 0 Å². The van der Waals surface area contributed by atoms with E-state index >= 15 is 0 Å². The first-order valence-corrected chi connectivity index (χ1v) is 4.17. The summed E-state index contributed by atoms with van der Waals surface area (Å²) in [5.41, 5.74) is 1.25. The Labute approximate surface area is 73.0 Å². The summed E-state index contributed by atoms with van der Waals surface area (Å²) in [6.07, 6.45) is 4.08. The maximum Gasteiger partial charge on any atom is 0.0582 e. The lowest BCUT2D eigenvalue weighted by atomic mass is 10.3. The van der Waals surface area contributed by atoms with Crippen LogP contribution in [0, 0.1) is 0 Å². The van der Waals surface area contributed by atoms with Crippen LogP contribution in [-0.2, 0) is 13.6 Å². The van der Waals surface area contributed by atoms with Crippen molar-refractivity contribution in [1.82, 2.24) is 9.88 Å². The highest BCUT2D eigenvalue weighted by atomic mass is 16.3. The van der Waals surface area contributed by atoms with E-state index in [9.17, 15) is 0 Å². The molecule has 0 saturated carbocycles. The predicted octanol–water partition coefficient (Wildman–Crippen LogP) is 0.495. The van der Waals surface area contributed by atoms with Crippen molar-refractivity contribution in [2.45, 2.75) is 19.5 Å². The van der Waals surface area contributed by atoms with Gasteiger partial charge in [-0.2, -0.15) is 0 Å². The zero-order valence-corrected chi connectivity index (χ0v) is 7.62. The summed E-state index contributed by atoms with van der Waals surface area (Å²) in [7, 11) is 2.00. The number of hydrogen-bond donors (Lipinski definition) is 2. The van der Waals surface area contributed by atoms with E-state index in [2.05, 4.69) is 17.6 Å². The van der Waals surface area contributed by atoms with Gasteiger partial charge in [-0.3, -0.25) is 0 Å². The molecule has 0 aromatic carbocycles. The molecule has 0 aliphatic heterocycles. The zero-order valence-electron chi connectivity index (χ0n) is 7.62. The summed E-state index contributed by atoms with van der Waals surface area (Å²) in [4.78, 5) is 0. The second-order valence-electron chi connectivity index (χ2n) is 3.15. The first kappa shape index (κ1) is 9.29.